The summed E-state index contributed by atoms with van der Waals surface area (Å²) in [4.78, 5) is 0. The van der Waals surface area contributed by atoms with Crippen LogP contribution >= 0.6 is 0 Å². The Morgan fingerprint density at radius 1 is 1.00 bits per heavy atom. The highest BCUT2D eigenvalue weighted by molar-refractivity contribution is 5.48. The molecular weight excluding hydrogens is 246 g/mol. The molecule has 3 rings (SSSR count). The molecular formula is C18H21NO. The first-order valence-electron chi connectivity index (χ1n) is 7.18. The summed E-state index contributed by atoms with van der Waals surface area (Å²) in [5.74, 6) is 0. The standard InChI is InChI=1S/C18H21NO/c1-18(2,14-6-4-3-5-7-14)15-8-10-16(11-9-15)19-12-17-13-20-17/h3-11,17,19H,12-13H2,1-2H3. The molecule has 2 aromatic rings. The highest BCUT2D eigenvalue weighted by Gasteiger charge is 2.23. The maximum Gasteiger partial charge on any atom is 0.0981 e. The van der Waals surface area contributed by atoms with Gasteiger partial charge < -0.3 is 10.1 Å². The molecule has 20 heavy (non-hydrogen) atoms. The lowest BCUT2D eigenvalue weighted by atomic mass is 9.78. The second kappa shape index (κ2) is 5.29. The Kier molecular flexibility index (Phi) is 3.49. The second-order valence-electron chi connectivity index (χ2n) is 5.90. The monoisotopic (exact) mass is 267 g/mol. The number of rotatable bonds is 5. The molecule has 104 valence electrons. The molecule has 0 aliphatic carbocycles. The highest BCUT2D eigenvalue weighted by atomic mass is 16.6. The van der Waals surface area contributed by atoms with E-state index in [-0.39, 0.29) is 5.41 Å². The number of ether oxygens (including phenoxy) is 1. The van der Waals surface area contributed by atoms with Crippen LogP contribution in [0.15, 0.2) is 54.6 Å². The van der Waals surface area contributed by atoms with Gasteiger partial charge in [0.05, 0.1) is 12.7 Å². The first-order valence-corrected chi connectivity index (χ1v) is 7.18. The average molecular weight is 267 g/mol. The maximum absolute atomic E-state index is 5.20. The van der Waals surface area contributed by atoms with E-state index < -0.39 is 0 Å². The lowest BCUT2D eigenvalue weighted by Gasteiger charge is -2.26. The first-order chi connectivity index (χ1) is 9.66. The molecule has 0 aromatic heterocycles. The van der Waals surface area contributed by atoms with Gasteiger partial charge in [-0.15, -0.1) is 0 Å². The van der Waals surface area contributed by atoms with Crippen molar-refractivity contribution in [2.75, 3.05) is 18.5 Å². The van der Waals surface area contributed by atoms with E-state index in [2.05, 4.69) is 73.8 Å². The Bertz CT molecular complexity index is 556. The molecule has 1 atom stereocenters. The Morgan fingerprint density at radius 2 is 1.60 bits per heavy atom. The fourth-order valence-electron chi connectivity index (χ4n) is 2.44. The molecule has 1 aliphatic heterocycles. The van der Waals surface area contributed by atoms with E-state index in [9.17, 15) is 0 Å². The minimum atomic E-state index is 0.0272. The molecule has 0 radical (unpaired) electrons. The number of epoxide rings is 1. The van der Waals surface area contributed by atoms with Crippen LogP contribution in [0, 0.1) is 0 Å². The molecule has 0 bridgehead atoms. The van der Waals surface area contributed by atoms with E-state index in [1.807, 2.05) is 0 Å². The van der Waals surface area contributed by atoms with E-state index >= 15 is 0 Å². The van der Waals surface area contributed by atoms with Crippen molar-refractivity contribution in [3.05, 3.63) is 65.7 Å². The third kappa shape index (κ3) is 2.86. The molecule has 2 aromatic carbocycles. The Hall–Kier alpha value is -1.80. The summed E-state index contributed by atoms with van der Waals surface area (Å²) in [6, 6.07) is 19.4. The van der Waals surface area contributed by atoms with Crippen molar-refractivity contribution >= 4 is 5.69 Å². The zero-order chi connectivity index (χ0) is 14.0. The quantitative estimate of drug-likeness (QED) is 0.833. The van der Waals surface area contributed by atoms with Gasteiger partial charge in [-0.2, -0.15) is 0 Å². The summed E-state index contributed by atoms with van der Waals surface area (Å²) in [5, 5.41) is 3.40. The largest absolute Gasteiger partial charge is 0.382 e. The molecule has 1 N–H and O–H groups in total. The summed E-state index contributed by atoms with van der Waals surface area (Å²) in [7, 11) is 0. The lowest BCUT2D eigenvalue weighted by molar-refractivity contribution is 0.417. The Balaban J connectivity index is 1.75. The summed E-state index contributed by atoms with van der Waals surface area (Å²) in [6.07, 6.45) is 0.412. The van der Waals surface area contributed by atoms with E-state index in [0.29, 0.717) is 6.10 Å². The molecule has 1 aliphatic rings. The van der Waals surface area contributed by atoms with Gasteiger partial charge in [0.1, 0.15) is 0 Å². The van der Waals surface area contributed by atoms with Crippen molar-refractivity contribution in [2.45, 2.75) is 25.4 Å². The molecule has 1 heterocycles. The van der Waals surface area contributed by atoms with Crippen LogP contribution in [0.4, 0.5) is 5.69 Å². The number of benzene rings is 2. The molecule has 1 unspecified atom stereocenters. The zero-order valence-corrected chi connectivity index (χ0v) is 12.1. The van der Waals surface area contributed by atoms with Crippen LogP contribution in [0.5, 0.6) is 0 Å². The van der Waals surface area contributed by atoms with Crippen LogP contribution in [-0.4, -0.2) is 19.3 Å². The molecule has 0 amide bonds. The minimum absolute atomic E-state index is 0.0272. The number of nitrogens with one attached hydrogen (secondary N) is 1. The van der Waals surface area contributed by atoms with Gasteiger partial charge in [-0.3, -0.25) is 0 Å². The van der Waals surface area contributed by atoms with Crippen LogP contribution < -0.4 is 5.32 Å². The number of hydrogen-bond acceptors (Lipinski definition) is 2. The van der Waals surface area contributed by atoms with E-state index in [1.54, 1.807) is 0 Å². The number of hydrogen-bond donors (Lipinski definition) is 1. The third-order valence-corrected chi connectivity index (χ3v) is 4.04. The van der Waals surface area contributed by atoms with Gasteiger partial charge in [-0.1, -0.05) is 56.3 Å². The zero-order valence-electron chi connectivity index (χ0n) is 12.1. The SMILES string of the molecule is CC(C)(c1ccccc1)c1ccc(NCC2CO2)cc1. The van der Waals surface area contributed by atoms with Crippen molar-refractivity contribution in [3.63, 3.8) is 0 Å². The Morgan fingerprint density at radius 3 is 2.20 bits per heavy atom. The maximum atomic E-state index is 5.20. The van der Waals surface area contributed by atoms with Crippen LogP contribution in [0.1, 0.15) is 25.0 Å². The normalized spacial score (nSPS) is 17.8. The summed E-state index contributed by atoms with van der Waals surface area (Å²) in [5.41, 5.74) is 3.86. The summed E-state index contributed by atoms with van der Waals surface area (Å²) < 4.78 is 5.20. The third-order valence-electron chi connectivity index (χ3n) is 4.04. The van der Waals surface area contributed by atoms with Gasteiger partial charge in [-0.25, -0.2) is 0 Å². The molecule has 2 nitrogen and oxygen atoms in total. The molecule has 1 fully saturated rings. The van der Waals surface area contributed by atoms with Crippen molar-refractivity contribution in [3.8, 4) is 0 Å². The topological polar surface area (TPSA) is 24.6 Å². The van der Waals surface area contributed by atoms with Crippen molar-refractivity contribution in [1.29, 1.82) is 0 Å². The van der Waals surface area contributed by atoms with Gasteiger partial charge in [-0.05, 0) is 23.3 Å². The molecule has 0 saturated carbocycles. The number of anilines is 1. The predicted molar refractivity (Wildman–Crippen MR) is 83.2 cm³/mol. The van der Waals surface area contributed by atoms with E-state index in [0.717, 1.165) is 18.8 Å². The van der Waals surface area contributed by atoms with Gasteiger partial charge in [0.25, 0.3) is 0 Å². The van der Waals surface area contributed by atoms with E-state index in [1.165, 1.54) is 11.1 Å². The van der Waals surface area contributed by atoms with Crippen LogP contribution in [-0.2, 0) is 10.2 Å². The first kappa shape index (κ1) is 13.2. The van der Waals surface area contributed by atoms with Gasteiger partial charge in [0.2, 0.25) is 0 Å². The predicted octanol–water partition coefficient (Wildman–Crippen LogP) is 3.82. The second-order valence-corrected chi connectivity index (χ2v) is 5.90. The average Bonchev–Trinajstić information content (AvgIpc) is 3.31. The van der Waals surface area contributed by atoms with E-state index in [4.69, 9.17) is 4.74 Å². The summed E-state index contributed by atoms with van der Waals surface area (Å²) >= 11 is 0. The molecule has 2 heteroatoms. The van der Waals surface area contributed by atoms with Crippen molar-refractivity contribution < 1.29 is 4.74 Å². The van der Waals surface area contributed by atoms with Crippen LogP contribution in [0.2, 0.25) is 0 Å². The lowest BCUT2D eigenvalue weighted by Crippen LogP contribution is -2.18. The van der Waals surface area contributed by atoms with Crippen LogP contribution in [0.25, 0.3) is 0 Å². The minimum Gasteiger partial charge on any atom is -0.382 e. The van der Waals surface area contributed by atoms with Gasteiger partial charge >= 0.3 is 0 Å². The molecule has 0 spiro atoms. The fourth-order valence-corrected chi connectivity index (χ4v) is 2.44. The van der Waals surface area contributed by atoms with Gasteiger partial charge in [0.15, 0.2) is 0 Å². The summed E-state index contributed by atoms with van der Waals surface area (Å²) in [6.45, 7) is 6.33. The van der Waals surface area contributed by atoms with Crippen molar-refractivity contribution in [1.82, 2.24) is 0 Å². The highest BCUT2D eigenvalue weighted by Crippen LogP contribution is 2.31. The smallest absolute Gasteiger partial charge is 0.0981 e. The Labute approximate surface area is 120 Å². The molecule has 1 saturated heterocycles. The van der Waals surface area contributed by atoms with Crippen molar-refractivity contribution in [2.24, 2.45) is 0 Å². The van der Waals surface area contributed by atoms with Crippen LogP contribution in [0.3, 0.4) is 0 Å². The fraction of sp³-hybridized carbons (Fsp3) is 0.333. The van der Waals surface area contributed by atoms with Gasteiger partial charge in [0, 0.05) is 17.6 Å².